The molecular weight excluding hydrogens is 232 g/mol. The fraction of sp³-hybridized carbons (Fsp3) is 0.529. The second kappa shape index (κ2) is 6.75. The molecule has 1 fully saturated rings. The normalized spacial score (nSPS) is 23.7. The van der Waals surface area contributed by atoms with E-state index in [2.05, 4.69) is 54.9 Å². The molecule has 2 N–H and O–H groups in total. The zero-order chi connectivity index (χ0) is 13.7. The molecule has 0 amide bonds. The summed E-state index contributed by atoms with van der Waals surface area (Å²) < 4.78 is 0. The summed E-state index contributed by atoms with van der Waals surface area (Å²) >= 11 is 0. The van der Waals surface area contributed by atoms with Gasteiger partial charge in [0.1, 0.15) is 0 Å². The van der Waals surface area contributed by atoms with E-state index in [-0.39, 0.29) is 0 Å². The van der Waals surface area contributed by atoms with Crippen molar-refractivity contribution in [2.45, 2.75) is 39.3 Å². The number of piperidine rings is 1. The summed E-state index contributed by atoms with van der Waals surface area (Å²) in [6, 6.07) is 9.20. The molecule has 1 heterocycles. The van der Waals surface area contributed by atoms with Gasteiger partial charge in [0.15, 0.2) is 0 Å². The Bertz CT molecular complexity index is 470. The van der Waals surface area contributed by atoms with E-state index >= 15 is 0 Å². The second-order valence-corrected chi connectivity index (χ2v) is 5.54. The van der Waals surface area contributed by atoms with Gasteiger partial charge in [0.2, 0.25) is 0 Å². The zero-order valence-corrected chi connectivity index (χ0v) is 12.0. The maximum Gasteiger partial charge on any atom is 0.0555 e. The van der Waals surface area contributed by atoms with Crippen LogP contribution in [0.25, 0.3) is 0 Å². The number of nitrogens with zero attached hydrogens (tertiary/aromatic N) is 1. The third-order valence-corrected chi connectivity index (χ3v) is 4.15. The molecule has 1 aromatic carbocycles. The number of nitrogens with two attached hydrogens (primary N) is 1. The molecule has 0 bridgehead atoms. The molecule has 1 saturated heterocycles. The van der Waals surface area contributed by atoms with Gasteiger partial charge in [-0.05, 0) is 49.9 Å². The van der Waals surface area contributed by atoms with Crippen molar-refractivity contribution in [3.63, 3.8) is 0 Å². The Balaban J connectivity index is 2.06. The lowest BCUT2D eigenvalue weighted by Crippen LogP contribution is -2.41. The first-order valence-corrected chi connectivity index (χ1v) is 7.22. The fourth-order valence-corrected chi connectivity index (χ4v) is 2.78. The minimum absolute atomic E-state index is 0.422. The highest BCUT2D eigenvalue weighted by Crippen LogP contribution is 2.24. The van der Waals surface area contributed by atoms with Gasteiger partial charge in [-0.1, -0.05) is 30.9 Å². The SMILES string of the molecule is CC1CCCN(Cc2cccc(C#CCN)c2)C1C. The summed E-state index contributed by atoms with van der Waals surface area (Å²) in [7, 11) is 0. The monoisotopic (exact) mass is 256 g/mol. The van der Waals surface area contributed by atoms with E-state index in [0.717, 1.165) is 18.0 Å². The number of benzene rings is 1. The van der Waals surface area contributed by atoms with Crippen molar-refractivity contribution in [3.8, 4) is 11.8 Å². The summed E-state index contributed by atoms with van der Waals surface area (Å²) in [5.74, 6) is 6.82. The van der Waals surface area contributed by atoms with E-state index in [1.807, 2.05) is 0 Å². The Morgan fingerprint density at radius 2 is 2.21 bits per heavy atom. The van der Waals surface area contributed by atoms with Crippen molar-refractivity contribution in [1.82, 2.24) is 4.90 Å². The minimum Gasteiger partial charge on any atom is -0.320 e. The standard InChI is InChI=1S/C17H24N2/c1-14-6-5-11-19(15(14)2)13-17-8-3-7-16(12-17)9-4-10-18/h3,7-8,12,14-15H,5-6,10-11,13,18H2,1-2H3. The first kappa shape index (κ1) is 14.1. The average molecular weight is 256 g/mol. The third-order valence-electron chi connectivity index (χ3n) is 4.15. The molecular formula is C17H24N2. The molecule has 1 aromatic rings. The highest BCUT2D eigenvalue weighted by Gasteiger charge is 2.24. The summed E-state index contributed by atoms with van der Waals surface area (Å²) in [6.07, 6.45) is 2.68. The maximum absolute atomic E-state index is 5.42. The van der Waals surface area contributed by atoms with Crippen LogP contribution in [0.2, 0.25) is 0 Å². The molecule has 0 aliphatic carbocycles. The van der Waals surface area contributed by atoms with Gasteiger partial charge in [0, 0.05) is 18.2 Å². The number of hydrogen-bond acceptors (Lipinski definition) is 2. The van der Waals surface area contributed by atoms with Gasteiger partial charge in [-0.25, -0.2) is 0 Å². The quantitative estimate of drug-likeness (QED) is 0.824. The molecule has 1 aliphatic rings. The third kappa shape index (κ3) is 3.83. The molecule has 2 heteroatoms. The van der Waals surface area contributed by atoms with E-state index in [0.29, 0.717) is 12.6 Å². The van der Waals surface area contributed by atoms with Crippen LogP contribution in [0.5, 0.6) is 0 Å². The van der Waals surface area contributed by atoms with Crippen molar-refractivity contribution < 1.29 is 0 Å². The van der Waals surface area contributed by atoms with Gasteiger partial charge in [-0.2, -0.15) is 0 Å². The van der Waals surface area contributed by atoms with Crippen LogP contribution in [0.1, 0.15) is 37.8 Å². The topological polar surface area (TPSA) is 29.3 Å². The van der Waals surface area contributed by atoms with E-state index in [9.17, 15) is 0 Å². The molecule has 102 valence electrons. The molecule has 2 atom stereocenters. The van der Waals surface area contributed by atoms with Crippen LogP contribution in [0, 0.1) is 17.8 Å². The van der Waals surface area contributed by atoms with Crippen LogP contribution in [-0.2, 0) is 6.54 Å². The van der Waals surface area contributed by atoms with Gasteiger partial charge in [-0.15, -0.1) is 0 Å². The van der Waals surface area contributed by atoms with Crippen molar-refractivity contribution >= 4 is 0 Å². The molecule has 2 unspecified atom stereocenters. The first-order chi connectivity index (χ1) is 9.20. The van der Waals surface area contributed by atoms with Gasteiger partial charge in [0.05, 0.1) is 6.54 Å². The largest absolute Gasteiger partial charge is 0.320 e. The lowest BCUT2D eigenvalue weighted by atomic mass is 9.91. The van der Waals surface area contributed by atoms with Gasteiger partial charge in [-0.3, -0.25) is 4.90 Å². The highest BCUT2D eigenvalue weighted by molar-refractivity contribution is 5.37. The molecule has 2 nitrogen and oxygen atoms in total. The Morgan fingerprint density at radius 1 is 1.37 bits per heavy atom. The maximum atomic E-state index is 5.42. The molecule has 19 heavy (non-hydrogen) atoms. The molecule has 0 spiro atoms. The van der Waals surface area contributed by atoms with Crippen molar-refractivity contribution in [2.24, 2.45) is 11.7 Å². The Kier molecular flexibility index (Phi) is 5.01. The van der Waals surface area contributed by atoms with E-state index in [1.54, 1.807) is 0 Å². The molecule has 0 aromatic heterocycles. The van der Waals surface area contributed by atoms with E-state index in [1.165, 1.54) is 24.9 Å². The Labute approximate surface area is 117 Å². The lowest BCUT2D eigenvalue weighted by Gasteiger charge is -2.38. The minimum atomic E-state index is 0.422. The Hall–Kier alpha value is -1.30. The first-order valence-electron chi connectivity index (χ1n) is 7.22. The predicted octanol–water partition coefficient (Wildman–Crippen LogP) is 2.62. The van der Waals surface area contributed by atoms with Crippen LogP contribution in [-0.4, -0.2) is 24.0 Å². The summed E-state index contributed by atoms with van der Waals surface area (Å²) in [5.41, 5.74) is 7.84. The predicted molar refractivity (Wildman–Crippen MR) is 80.6 cm³/mol. The fourth-order valence-electron chi connectivity index (χ4n) is 2.78. The average Bonchev–Trinajstić information content (AvgIpc) is 2.42. The van der Waals surface area contributed by atoms with Crippen LogP contribution in [0.3, 0.4) is 0 Å². The summed E-state index contributed by atoms with van der Waals surface area (Å²) in [5, 5.41) is 0. The van der Waals surface area contributed by atoms with Crippen molar-refractivity contribution in [1.29, 1.82) is 0 Å². The van der Waals surface area contributed by atoms with Crippen LogP contribution in [0.15, 0.2) is 24.3 Å². The highest BCUT2D eigenvalue weighted by atomic mass is 15.2. The number of rotatable bonds is 2. The smallest absolute Gasteiger partial charge is 0.0555 e. The van der Waals surface area contributed by atoms with E-state index < -0.39 is 0 Å². The van der Waals surface area contributed by atoms with Gasteiger partial charge < -0.3 is 5.73 Å². The van der Waals surface area contributed by atoms with Crippen molar-refractivity contribution in [3.05, 3.63) is 35.4 Å². The van der Waals surface area contributed by atoms with Crippen LogP contribution in [0.4, 0.5) is 0 Å². The van der Waals surface area contributed by atoms with Crippen molar-refractivity contribution in [2.75, 3.05) is 13.1 Å². The molecule has 1 aliphatic heterocycles. The van der Waals surface area contributed by atoms with Gasteiger partial charge in [0.25, 0.3) is 0 Å². The summed E-state index contributed by atoms with van der Waals surface area (Å²) in [4.78, 5) is 2.59. The van der Waals surface area contributed by atoms with Crippen LogP contribution < -0.4 is 5.73 Å². The zero-order valence-electron chi connectivity index (χ0n) is 12.0. The second-order valence-electron chi connectivity index (χ2n) is 5.54. The molecule has 0 saturated carbocycles. The lowest BCUT2D eigenvalue weighted by molar-refractivity contribution is 0.106. The summed E-state index contributed by atoms with van der Waals surface area (Å²) in [6.45, 7) is 7.38. The number of likely N-dealkylation sites (tertiary alicyclic amines) is 1. The van der Waals surface area contributed by atoms with Gasteiger partial charge >= 0.3 is 0 Å². The molecule has 2 rings (SSSR count). The Morgan fingerprint density at radius 3 is 3.00 bits per heavy atom. The number of hydrogen-bond donors (Lipinski definition) is 1. The molecule has 0 radical (unpaired) electrons. The van der Waals surface area contributed by atoms with E-state index in [4.69, 9.17) is 5.73 Å². The van der Waals surface area contributed by atoms with Crippen LogP contribution >= 0.6 is 0 Å².